The second-order valence-corrected chi connectivity index (χ2v) is 4.90. The summed E-state index contributed by atoms with van der Waals surface area (Å²) in [4.78, 5) is 0. The van der Waals surface area contributed by atoms with Crippen LogP contribution in [-0.4, -0.2) is 12.5 Å². The maximum atomic E-state index is 14.4. The van der Waals surface area contributed by atoms with Gasteiger partial charge in [-0.2, -0.15) is 0 Å². The van der Waals surface area contributed by atoms with Crippen LogP contribution in [0.4, 0.5) is 8.78 Å². The highest BCUT2D eigenvalue weighted by atomic mass is 19.3. The maximum Gasteiger partial charge on any atom is 0.258 e. The molecule has 0 bridgehead atoms. The Morgan fingerprint density at radius 1 is 1.12 bits per heavy atom. The first kappa shape index (κ1) is 12.5. The van der Waals surface area contributed by atoms with Gasteiger partial charge in [0.25, 0.3) is 5.92 Å². The van der Waals surface area contributed by atoms with E-state index in [9.17, 15) is 8.78 Å². The maximum absolute atomic E-state index is 14.4. The molecule has 0 saturated heterocycles. The highest BCUT2D eigenvalue weighted by molar-refractivity contribution is 5.30. The van der Waals surface area contributed by atoms with Crippen molar-refractivity contribution in [2.24, 2.45) is 5.73 Å². The number of benzene rings is 1. The Morgan fingerprint density at radius 3 is 2.24 bits per heavy atom. The van der Waals surface area contributed by atoms with Crippen LogP contribution in [-0.2, 0) is 5.41 Å². The zero-order chi connectivity index (χ0) is 12.4. The summed E-state index contributed by atoms with van der Waals surface area (Å²) in [6.07, 6.45) is 2.69. The van der Waals surface area contributed by atoms with Gasteiger partial charge in [-0.25, -0.2) is 8.78 Å². The first-order valence-electron chi connectivity index (χ1n) is 6.26. The van der Waals surface area contributed by atoms with E-state index < -0.39 is 11.3 Å². The highest BCUT2D eigenvalue weighted by Crippen LogP contribution is 2.52. The molecule has 2 rings (SSSR count). The second kappa shape index (κ2) is 4.73. The van der Waals surface area contributed by atoms with Gasteiger partial charge in [0.2, 0.25) is 0 Å². The quantitative estimate of drug-likeness (QED) is 0.855. The number of alkyl halides is 2. The van der Waals surface area contributed by atoms with E-state index in [4.69, 9.17) is 5.73 Å². The van der Waals surface area contributed by atoms with E-state index >= 15 is 0 Å². The van der Waals surface area contributed by atoms with E-state index in [2.05, 4.69) is 0 Å². The number of rotatable bonds is 4. The summed E-state index contributed by atoms with van der Waals surface area (Å²) < 4.78 is 28.8. The van der Waals surface area contributed by atoms with Crippen molar-refractivity contribution in [2.75, 3.05) is 6.54 Å². The molecule has 1 fully saturated rings. The van der Waals surface area contributed by atoms with Gasteiger partial charge >= 0.3 is 0 Å². The van der Waals surface area contributed by atoms with E-state index in [0.717, 1.165) is 18.4 Å². The Morgan fingerprint density at radius 2 is 1.71 bits per heavy atom. The number of hydrogen-bond acceptors (Lipinski definition) is 1. The summed E-state index contributed by atoms with van der Waals surface area (Å²) in [5, 5.41) is 0. The summed E-state index contributed by atoms with van der Waals surface area (Å²) in [5.74, 6) is -2.69. The molecule has 1 aromatic rings. The average Bonchev–Trinajstić information content (AvgIpc) is 2.81. The monoisotopic (exact) mass is 239 g/mol. The van der Waals surface area contributed by atoms with Crippen molar-refractivity contribution in [2.45, 2.75) is 43.4 Å². The first-order chi connectivity index (χ1) is 8.12. The fraction of sp³-hybridized carbons (Fsp3) is 0.571. The fourth-order valence-electron chi connectivity index (χ4n) is 3.02. The number of nitrogens with two attached hydrogens (primary N) is 1. The van der Waals surface area contributed by atoms with Gasteiger partial charge in [-0.1, -0.05) is 43.2 Å². The minimum absolute atomic E-state index is 0.0432. The van der Waals surface area contributed by atoms with Crippen molar-refractivity contribution in [1.82, 2.24) is 0 Å². The SMILES string of the molecule is NCCC(F)(F)C1(c2ccccc2)CCCC1. The lowest BCUT2D eigenvalue weighted by molar-refractivity contribution is -0.0823. The molecule has 3 heteroatoms. The molecule has 0 aliphatic heterocycles. The molecule has 0 amide bonds. The van der Waals surface area contributed by atoms with Crippen molar-refractivity contribution in [3.63, 3.8) is 0 Å². The summed E-state index contributed by atoms with van der Waals surface area (Å²) >= 11 is 0. The standard InChI is InChI=1S/C14H19F2N/c15-14(16,10-11-17)13(8-4-5-9-13)12-6-2-1-3-7-12/h1-3,6-7H,4-5,8-11,17H2. The Labute approximate surface area is 101 Å². The third-order valence-electron chi connectivity index (χ3n) is 3.94. The minimum Gasteiger partial charge on any atom is -0.330 e. The highest BCUT2D eigenvalue weighted by Gasteiger charge is 2.54. The molecule has 1 aliphatic rings. The predicted octanol–water partition coefficient (Wildman–Crippen LogP) is 3.48. The summed E-state index contributed by atoms with van der Waals surface area (Å²) in [7, 11) is 0. The van der Waals surface area contributed by atoms with Crippen molar-refractivity contribution >= 4 is 0 Å². The van der Waals surface area contributed by atoms with Crippen LogP contribution >= 0.6 is 0 Å². The smallest absolute Gasteiger partial charge is 0.258 e. The summed E-state index contributed by atoms with van der Waals surface area (Å²) in [6.45, 7) is 0.0432. The molecule has 0 atom stereocenters. The molecule has 94 valence electrons. The van der Waals surface area contributed by atoms with Crippen molar-refractivity contribution in [3.05, 3.63) is 35.9 Å². The summed E-state index contributed by atoms with van der Waals surface area (Å²) in [5.41, 5.74) is 5.13. The number of halogens is 2. The molecular weight excluding hydrogens is 220 g/mol. The van der Waals surface area contributed by atoms with Crippen molar-refractivity contribution < 1.29 is 8.78 Å². The number of hydrogen-bond donors (Lipinski definition) is 1. The Bertz CT molecular complexity index is 356. The molecule has 0 radical (unpaired) electrons. The molecule has 1 aliphatic carbocycles. The van der Waals surface area contributed by atoms with Crippen LogP contribution in [0.25, 0.3) is 0 Å². The van der Waals surface area contributed by atoms with Crippen LogP contribution in [0.1, 0.15) is 37.7 Å². The lowest BCUT2D eigenvalue weighted by Gasteiger charge is -2.37. The lowest BCUT2D eigenvalue weighted by Crippen LogP contribution is -2.44. The van der Waals surface area contributed by atoms with Crippen LogP contribution in [0.2, 0.25) is 0 Å². The molecule has 2 N–H and O–H groups in total. The predicted molar refractivity (Wildman–Crippen MR) is 65.2 cm³/mol. The molecule has 0 heterocycles. The molecular formula is C14H19F2N. The lowest BCUT2D eigenvalue weighted by atomic mass is 9.72. The van der Waals surface area contributed by atoms with Gasteiger partial charge < -0.3 is 5.73 Å². The first-order valence-corrected chi connectivity index (χ1v) is 6.26. The fourth-order valence-corrected chi connectivity index (χ4v) is 3.02. The van der Waals surface area contributed by atoms with Gasteiger partial charge in [-0.15, -0.1) is 0 Å². The van der Waals surface area contributed by atoms with Gasteiger partial charge in [0, 0.05) is 6.42 Å². The molecule has 0 unspecified atom stereocenters. The minimum atomic E-state index is -2.69. The van der Waals surface area contributed by atoms with Crippen LogP contribution < -0.4 is 5.73 Å². The molecule has 0 spiro atoms. The normalized spacial score (nSPS) is 19.5. The van der Waals surface area contributed by atoms with Gasteiger partial charge in [-0.3, -0.25) is 0 Å². The van der Waals surface area contributed by atoms with Crippen molar-refractivity contribution in [1.29, 1.82) is 0 Å². The van der Waals surface area contributed by atoms with Gasteiger partial charge in [0.1, 0.15) is 0 Å². The van der Waals surface area contributed by atoms with Crippen LogP contribution in [0.3, 0.4) is 0 Å². The van der Waals surface area contributed by atoms with Gasteiger partial charge in [0.05, 0.1) is 5.41 Å². The van der Waals surface area contributed by atoms with E-state index in [1.807, 2.05) is 30.3 Å². The van der Waals surface area contributed by atoms with Crippen LogP contribution in [0.15, 0.2) is 30.3 Å². The Kier molecular flexibility index (Phi) is 3.48. The van der Waals surface area contributed by atoms with E-state index in [1.54, 1.807) is 0 Å². The third-order valence-corrected chi connectivity index (χ3v) is 3.94. The molecule has 1 aromatic carbocycles. The van der Waals surface area contributed by atoms with E-state index in [0.29, 0.717) is 12.8 Å². The zero-order valence-corrected chi connectivity index (χ0v) is 9.96. The van der Waals surface area contributed by atoms with Crippen molar-refractivity contribution in [3.8, 4) is 0 Å². The van der Waals surface area contributed by atoms with E-state index in [1.165, 1.54) is 0 Å². The largest absolute Gasteiger partial charge is 0.330 e. The topological polar surface area (TPSA) is 26.0 Å². The molecule has 1 saturated carbocycles. The summed E-state index contributed by atoms with van der Waals surface area (Å²) in [6, 6.07) is 9.21. The second-order valence-electron chi connectivity index (χ2n) is 4.90. The molecule has 1 nitrogen and oxygen atoms in total. The third kappa shape index (κ3) is 2.08. The molecule has 17 heavy (non-hydrogen) atoms. The van der Waals surface area contributed by atoms with Gasteiger partial charge in [-0.05, 0) is 24.9 Å². The van der Waals surface area contributed by atoms with Gasteiger partial charge in [0.15, 0.2) is 0 Å². The Balaban J connectivity index is 2.40. The van der Waals surface area contributed by atoms with Crippen LogP contribution in [0, 0.1) is 0 Å². The zero-order valence-electron chi connectivity index (χ0n) is 9.96. The van der Waals surface area contributed by atoms with E-state index in [-0.39, 0.29) is 13.0 Å². The Hall–Kier alpha value is -0.960. The molecule has 0 aromatic heterocycles. The average molecular weight is 239 g/mol. The van der Waals surface area contributed by atoms with Crippen LogP contribution in [0.5, 0.6) is 0 Å².